The lowest BCUT2D eigenvalue weighted by Gasteiger charge is -2.22. The Morgan fingerprint density at radius 3 is 2.28 bits per heavy atom. The number of nitrogens with zero attached hydrogens (tertiary/aromatic N) is 1. The highest BCUT2D eigenvalue weighted by molar-refractivity contribution is 5.24. The Morgan fingerprint density at radius 2 is 1.78 bits per heavy atom. The SMILES string of the molecule is Cc1ccc(C(N)CN(C)CCC(F)(F)F)cc1. The highest BCUT2D eigenvalue weighted by Crippen LogP contribution is 2.20. The minimum absolute atomic E-state index is 0.0247. The van der Waals surface area contributed by atoms with Gasteiger partial charge in [0.2, 0.25) is 0 Å². The zero-order valence-electron chi connectivity index (χ0n) is 10.7. The summed E-state index contributed by atoms with van der Waals surface area (Å²) in [5.41, 5.74) is 8.04. The zero-order valence-corrected chi connectivity index (χ0v) is 10.7. The van der Waals surface area contributed by atoms with Crippen molar-refractivity contribution in [1.29, 1.82) is 0 Å². The van der Waals surface area contributed by atoms with Crippen molar-refractivity contribution in [3.63, 3.8) is 0 Å². The maximum absolute atomic E-state index is 12.1. The maximum atomic E-state index is 12.1. The Morgan fingerprint density at radius 1 is 1.22 bits per heavy atom. The molecule has 2 N–H and O–H groups in total. The second-order valence-electron chi connectivity index (χ2n) is 4.64. The molecule has 0 heterocycles. The standard InChI is InChI=1S/C13H19F3N2/c1-10-3-5-11(6-4-10)12(17)9-18(2)8-7-13(14,15)16/h3-6,12H,7-9,17H2,1-2H3. The molecule has 0 amide bonds. The highest BCUT2D eigenvalue weighted by atomic mass is 19.4. The van der Waals surface area contributed by atoms with Gasteiger partial charge in [-0.05, 0) is 19.5 Å². The summed E-state index contributed by atoms with van der Waals surface area (Å²) in [7, 11) is 1.65. The summed E-state index contributed by atoms with van der Waals surface area (Å²) in [6.45, 7) is 2.37. The van der Waals surface area contributed by atoms with Gasteiger partial charge in [-0.1, -0.05) is 29.8 Å². The third-order valence-corrected chi connectivity index (χ3v) is 2.79. The average molecular weight is 260 g/mol. The van der Waals surface area contributed by atoms with Crippen molar-refractivity contribution in [2.24, 2.45) is 5.73 Å². The predicted molar refractivity (Wildman–Crippen MR) is 66.3 cm³/mol. The largest absolute Gasteiger partial charge is 0.390 e. The summed E-state index contributed by atoms with van der Waals surface area (Å²) in [6.07, 6.45) is -4.91. The van der Waals surface area contributed by atoms with Crippen LogP contribution in [0.15, 0.2) is 24.3 Å². The van der Waals surface area contributed by atoms with E-state index in [2.05, 4.69) is 0 Å². The molecule has 1 aromatic carbocycles. The minimum atomic E-state index is -4.11. The van der Waals surface area contributed by atoms with Gasteiger partial charge in [-0.15, -0.1) is 0 Å². The van der Waals surface area contributed by atoms with Gasteiger partial charge in [0, 0.05) is 19.1 Å². The fourth-order valence-electron chi connectivity index (χ4n) is 1.66. The van der Waals surface area contributed by atoms with E-state index >= 15 is 0 Å². The molecule has 1 unspecified atom stereocenters. The van der Waals surface area contributed by atoms with Crippen LogP contribution >= 0.6 is 0 Å². The van der Waals surface area contributed by atoms with E-state index in [9.17, 15) is 13.2 Å². The molecule has 0 saturated carbocycles. The second-order valence-corrected chi connectivity index (χ2v) is 4.64. The number of likely N-dealkylation sites (N-methyl/N-ethyl adjacent to an activating group) is 1. The number of rotatable bonds is 5. The van der Waals surface area contributed by atoms with Crippen LogP contribution < -0.4 is 5.73 Å². The number of hydrogen-bond acceptors (Lipinski definition) is 2. The topological polar surface area (TPSA) is 29.3 Å². The summed E-state index contributed by atoms with van der Waals surface area (Å²) in [5.74, 6) is 0. The number of nitrogens with two attached hydrogens (primary N) is 1. The van der Waals surface area contributed by atoms with Crippen molar-refractivity contribution >= 4 is 0 Å². The zero-order chi connectivity index (χ0) is 13.8. The van der Waals surface area contributed by atoms with Gasteiger partial charge in [-0.3, -0.25) is 0 Å². The van der Waals surface area contributed by atoms with Crippen LogP contribution in [-0.4, -0.2) is 31.2 Å². The van der Waals surface area contributed by atoms with Gasteiger partial charge >= 0.3 is 6.18 Å². The summed E-state index contributed by atoms with van der Waals surface area (Å²) < 4.78 is 36.2. The summed E-state index contributed by atoms with van der Waals surface area (Å²) in [4.78, 5) is 1.61. The molecule has 0 bridgehead atoms. The molecule has 0 aliphatic carbocycles. The van der Waals surface area contributed by atoms with Crippen LogP contribution in [0.2, 0.25) is 0 Å². The molecule has 102 valence electrons. The number of hydrogen-bond donors (Lipinski definition) is 1. The molecule has 0 aliphatic heterocycles. The smallest absolute Gasteiger partial charge is 0.323 e. The van der Waals surface area contributed by atoms with Crippen LogP contribution in [0.25, 0.3) is 0 Å². The Labute approximate surface area is 106 Å². The molecule has 0 aliphatic rings. The third-order valence-electron chi connectivity index (χ3n) is 2.79. The van der Waals surface area contributed by atoms with Crippen LogP contribution in [0, 0.1) is 6.92 Å². The molecule has 0 fully saturated rings. The van der Waals surface area contributed by atoms with E-state index in [-0.39, 0.29) is 12.6 Å². The number of benzene rings is 1. The van der Waals surface area contributed by atoms with Crippen LogP contribution in [0.1, 0.15) is 23.6 Å². The first-order chi connectivity index (χ1) is 8.28. The van der Waals surface area contributed by atoms with E-state index in [4.69, 9.17) is 5.73 Å². The summed E-state index contributed by atoms with van der Waals surface area (Å²) >= 11 is 0. The maximum Gasteiger partial charge on any atom is 0.390 e. The van der Waals surface area contributed by atoms with Crippen molar-refractivity contribution in [2.75, 3.05) is 20.1 Å². The molecule has 1 atom stereocenters. The first-order valence-electron chi connectivity index (χ1n) is 5.85. The normalized spacial score (nSPS) is 13.9. The van der Waals surface area contributed by atoms with E-state index < -0.39 is 12.6 Å². The first-order valence-corrected chi connectivity index (χ1v) is 5.85. The van der Waals surface area contributed by atoms with E-state index in [0.29, 0.717) is 6.54 Å². The van der Waals surface area contributed by atoms with Crippen molar-refractivity contribution in [3.05, 3.63) is 35.4 Å². The average Bonchev–Trinajstić information content (AvgIpc) is 2.26. The monoisotopic (exact) mass is 260 g/mol. The Bertz CT molecular complexity index is 359. The minimum Gasteiger partial charge on any atom is -0.323 e. The lowest BCUT2D eigenvalue weighted by molar-refractivity contribution is -0.137. The van der Waals surface area contributed by atoms with E-state index in [0.717, 1.165) is 11.1 Å². The molecule has 0 spiro atoms. The lowest BCUT2D eigenvalue weighted by Crippen LogP contribution is -2.31. The summed E-state index contributed by atoms with van der Waals surface area (Å²) in [5, 5.41) is 0. The van der Waals surface area contributed by atoms with E-state index in [1.807, 2.05) is 31.2 Å². The predicted octanol–water partition coefficient (Wildman–Crippen LogP) is 2.88. The quantitative estimate of drug-likeness (QED) is 0.882. The Hall–Kier alpha value is -1.07. The van der Waals surface area contributed by atoms with E-state index in [1.54, 1.807) is 11.9 Å². The fraction of sp³-hybridized carbons (Fsp3) is 0.538. The first kappa shape index (κ1) is 15.0. The molecule has 2 nitrogen and oxygen atoms in total. The Balaban J connectivity index is 2.44. The van der Waals surface area contributed by atoms with E-state index in [1.165, 1.54) is 0 Å². The van der Waals surface area contributed by atoms with Crippen LogP contribution in [0.4, 0.5) is 13.2 Å². The lowest BCUT2D eigenvalue weighted by atomic mass is 10.1. The van der Waals surface area contributed by atoms with Crippen LogP contribution in [0.3, 0.4) is 0 Å². The number of aryl methyl sites for hydroxylation is 1. The van der Waals surface area contributed by atoms with Gasteiger partial charge in [0.15, 0.2) is 0 Å². The molecule has 1 aromatic rings. The van der Waals surface area contributed by atoms with Crippen molar-refractivity contribution in [1.82, 2.24) is 4.90 Å². The van der Waals surface area contributed by atoms with Crippen molar-refractivity contribution < 1.29 is 13.2 Å². The van der Waals surface area contributed by atoms with Gasteiger partial charge in [0.25, 0.3) is 0 Å². The van der Waals surface area contributed by atoms with Crippen LogP contribution in [0.5, 0.6) is 0 Å². The number of alkyl halides is 3. The fourth-order valence-corrected chi connectivity index (χ4v) is 1.66. The number of halogens is 3. The van der Waals surface area contributed by atoms with Gasteiger partial charge in [-0.2, -0.15) is 13.2 Å². The molecule has 0 radical (unpaired) electrons. The van der Waals surface area contributed by atoms with Gasteiger partial charge in [-0.25, -0.2) is 0 Å². The van der Waals surface area contributed by atoms with Crippen molar-refractivity contribution in [2.45, 2.75) is 25.6 Å². The van der Waals surface area contributed by atoms with Crippen LogP contribution in [-0.2, 0) is 0 Å². The van der Waals surface area contributed by atoms with Gasteiger partial charge in [0.05, 0.1) is 6.42 Å². The molecular weight excluding hydrogens is 241 g/mol. The Kier molecular flexibility index (Phi) is 5.16. The third kappa shape index (κ3) is 5.51. The molecular formula is C13H19F3N2. The second kappa shape index (κ2) is 6.20. The van der Waals surface area contributed by atoms with Gasteiger partial charge in [0.1, 0.15) is 0 Å². The molecule has 1 rings (SSSR count). The molecule has 0 aromatic heterocycles. The molecule has 5 heteroatoms. The van der Waals surface area contributed by atoms with Gasteiger partial charge < -0.3 is 10.6 Å². The van der Waals surface area contributed by atoms with Crippen molar-refractivity contribution in [3.8, 4) is 0 Å². The summed E-state index contributed by atoms with van der Waals surface area (Å²) in [6, 6.07) is 7.47. The molecule has 0 saturated heterocycles. The highest BCUT2D eigenvalue weighted by Gasteiger charge is 2.27. The molecule has 18 heavy (non-hydrogen) atoms.